The van der Waals surface area contributed by atoms with Crippen molar-refractivity contribution in [3.63, 3.8) is 0 Å². The predicted molar refractivity (Wildman–Crippen MR) is 139 cm³/mol. The maximum atomic E-state index is 14.0. The van der Waals surface area contributed by atoms with Crippen LogP contribution in [-0.4, -0.2) is 39.3 Å². The summed E-state index contributed by atoms with van der Waals surface area (Å²) in [6.45, 7) is 2.57. The Morgan fingerprint density at radius 3 is 2.75 bits per heavy atom. The monoisotopic (exact) mass is 490 g/mol. The third kappa shape index (κ3) is 5.42. The van der Waals surface area contributed by atoms with Crippen molar-refractivity contribution in [2.24, 2.45) is 4.99 Å². The Balaban J connectivity index is 1.26. The molecule has 2 aliphatic carbocycles. The first kappa shape index (κ1) is 24.4. The molecule has 36 heavy (non-hydrogen) atoms. The van der Waals surface area contributed by atoms with E-state index < -0.39 is 11.6 Å². The topological polar surface area (TPSA) is 57.7 Å². The van der Waals surface area contributed by atoms with E-state index in [4.69, 9.17) is 9.73 Å². The molecule has 3 aliphatic rings. The lowest BCUT2D eigenvalue weighted by atomic mass is 9.77. The first-order valence-electron chi connectivity index (χ1n) is 12.5. The van der Waals surface area contributed by atoms with Crippen LogP contribution >= 0.6 is 0 Å². The molecule has 5 rings (SSSR count). The molecule has 0 saturated carbocycles. The first-order valence-corrected chi connectivity index (χ1v) is 12.5. The number of fused-ring (bicyclic) bond motifs is 2. The van der Waals surface area contributed by atoms with E-state index in [0.717, 1.165) is 72.6 Å². The molecule has 3 N–H and O–H groups in total. The van der Waals surface area contributed by atoms with Crippen molar-refractivity contribution in [3.8, 4) is 0 Å². The summed E-state index contributed by atoms with van der Waals surface area (Å²) in [5.41, 5.74) is 7.67. The molecule has 2 aromatic rings. The Hall–Kier alpha value is -3.29. The smallest absolute Gasteiger partial charge is 0.193 e. The molecule has 0 bridgehead atoms. The minimum Gasteiger partial charge on any atom is -0.383 e. The number of allylic oxidation sites excluding steroid dienone is 4. The normalized spacial score (nSPS) is 20.8. The molecule has 5 nitrogen and oxygen atoms in total. The standard InChI is InChI=1S/C29H32F2N4O/c1-36-15-14-32-13-12-19-6-9-22(10-7-19)34-29-33-18-21-16-25(20-8-11-26(30)27(31)17-20)23-4-2-3-5-24(23)28(21)35-29/h2-6,8-9,11,17-18,25,29,32,34-35H,7,10,12-16H2,1H3. The van der Waals surface area contributed by atoms with Gasteiger partial charge in [0, 0.05) is 42.7 Å². The van der Waals surface area contributed by atoms with E-state index >= 15 is 0 Å². The van der Waals surface area contributed by atoms with Crippen molar-refractivity contribution < 1.29 is 13.5 Å². The summed E-state index contributed by atoms with van der Waals surface area (Å²) in [4.78, 5) is 4.72. The van der Waals surface area contributed by atoms with Gasteiger partial charge < -0.3 is 20.7 Å². The van der Waals surface area contributed by atoms with Gasteiger partial charge in [-0.05, 0) is 67.1 Å². The summed E-state index contributed by atoms with van der Waals surface area (Å²) < 4.78 is 32.6. The van der Waals surface area contributed by atoms with Gasteiger partial charge in [-0.1, -0.05) is 42.0 Å². The predicted octanol–water partition coefficient (Wildman–Crippen LogP) is 4.99. The second kappa shape index (κ2) is 11.2. The Kier molecular flexibility index (Phi) is 7.58. The molecule has 0 aromatic heterocycles. The van der Waals surface area contributed by atoms with Crippen LogP contribution in [0.3, 0.4) is 0 Å². The van der Waals surface area contributed by atoms with Gasteiger partial charge in [0.15, 0.2) is 17.9 Å². The zero-order valence-corrected chi connectivity index (χ0v) is 20.5. The van der Waals surface area contributed by atoms with Crippen LogP contribution in [0.25, 0.3) is 5.70 Å². The molecule has 1 aliphatic heterocycles. The van der Waals surface area contributed by atoms with Crippen LogP contribution in [0.2, 0.25) is 0 Å². The molecular formula is C29H32F2N4O. The average molecular weight is 491 g/mol. The number of methoxy groups -OCH3 is 1. The molecule has 0 amide bonds. The summed E-state index contributed by atoms with van der Waals surface area (Å²) in [6, 6.07) is 12.3. The van der Waals surface area contributed by atoms with Gasteiger partial charge in [-0.15, -0.1) is 0 Å². The fourth-order valence-electron chi connectivity index (χ4n) is 5.09. The molecule has 2 unspecified atom stereocenters. The number of benzene rings is 2. The van der Waals surface area contributed by atoms with Crippen molar-refractivity contribution >= 4 is 11.9 Å². The Labute approximate surface area is 211 Å². The SMILES string of the molecule is COCCNCCC1=CC=C(NC2N=CC3=C(N2)c2ccccc2C(c2ccc(F)c(F)c2)C3)CC1. The molecule has 2 atom stereocenters. The molecule has 2 aromatic carbocycles. The van der Waals surface area contributed by atoms with E-state index in [2.05, 4.69) is 40.2 Å². The Bertz CT molecular complexity index is 1230. The molecule has 188 valence electrons. The molecular weight excluding hydrogens is 458 g/mol. The summed E-state index contributed by atoms with van der Waals surface area (Å²) in [6.07, 6.45) is 9.74. The lowest BCUT2D eigenvalue weighted by molar-refractivity contribution is 0.199. The number of nitrogens with one attached hydrogen (secondary N) is 3. The third-order valence-electron chi connectivity index (χ3n) is 7.02. The van der Waals surface area contributed by atoms with Crippen molar-refractivity contribution in [1.82, 2.24) is 16.0 Å². The summed E-state index contributed by atoms with van der Waals surface area (Å²) >= 11 is 0. The number of nitrogens with zero attached hydrogens (tertiary/aromatic N) is 1. The van der Waals surface area contributed by atoms with Crippen LogP contribution in [0.4, 0.5) is 8.78 Å². The zero-order valence-electron chi connectivity index (χ0n) is 20.5. The van der Waals surface area contributed by atoms with Crippen LogP contribution < -0.4 is 16.0 Å². The lowest BCUT2D eigenvalue weighted by Gasteiger charge is -2.34. The molecule has 7 heteroatoms. The number of halogens is 2. The second-order valence-corrected chi connectivity index (χ2v) is 9.40. The van der Waals surface area contributed by atoms with E-state index in [1.54, 1.807) is 13.2 Å². The van der Waals surface area contributed by atoms with Crippen molar-refractivity contribution in [1.29, 1.82) is 0 Å². The van der Waals surface area contributed by atoms with Gasteiger partial charge in [0.05, 0.1) is 6.61 Å². The number of rotatable bonds is 9. The average Bonchev–Trinajstić information content (AvgIpc) is 2.91. The van der Waals surface area contributed by atoms with E-state index in [9.17, 15) is 8.78 Å². The van der Waals surface area contributed by atoms with E-state index in [-0.39, 0.29) is 12.2 Å². The number of hydrogen-bond acceptors (Lipinski definition) is 5. The summed E-state index contributed by atoms with van der Waals surface area (Å²) in [7, 11) is 1.72. The Morgan fingerprint density at radius 1 is 1.06 bits per heavy atom. The van der Waals surface area contributed by atoms with Gasteiger partial charge in [0.2, 0.25) is 0 Å². The first-order chi connectivity index (χ1) is 17.6. The number of hydrogen-bond donors (Lipinski definition) is 3. The summed E-state index contributed by atoms with van der Waals surface area (Å²) in [5, 5.41) is 10.5. The highest BCUT2D eigenvalue weighted by Gasteiger charge is 2.30. The van der Waals surface area contributed by atoms with Gasteiger partial charge >= 0.3 is 0 Å². The highest BCUT2D eigenvalue weighted by molar-refractivity contribution is 5.94. The van der Waals surface area contributed by atoms with Gasteiger partial charge in [-0.3, -0.25) is 0 Å². The van der Waals surface area contributed by atoms with Gasteiger partial charge in [0.1, 0.15) is 0 Å². The fraction of sp³-hybridized carbons (Fsp3) is 0.345. The zero-order chi connectivity index (χ0) is 24.9. The lowest BCUT2D eigenvalue weighted by Crippen LogP contribution is -2.43. The van der Waals surface area contributed by atoms with Crippen LogP contribution in [-0.2, 0) is 4.74 Å². The van der Waals surface area contributed by atoms with Crippen LogP contribution in [0.5, 0.6) is 0 Å². The van der Waals surface area contributed by atoms with Gasteiger partial charge in [-0.2, -0.15) is 0 Å². The highest BCUT2D eigenvalue weighted by atomic mass is 19.2. The fourth-order valence-corrected chi connectivity index (χ4v) is 5.09. The highest BCUT2D eigenvalue weighted by Crippen LogP contribution is 2.42. The van der Waals surface area contributed by atoms with Gasteiger partial charge in [-0.25, -0.2) is 13.8 Å². The minimum atomic E-state index is -0.824. The molecule has 1 heterocycles. The van der Waals surface area contributed by atoms with Crippen molar-refractivity contribution in [2.45, 2.75) is 37.9 Å². The van der Waals surface area contributed by atoms with E-state index in [0.29, 0.717) is 6.42 Å². The van der Waals surface area contributed by atoms with E-state index in [1.807, 2.05) is 18.3 Å². The third-order valence-corrected chi connectivity index (χ3v) is 7.02. The van der Waals surface area contributed by atoms with E-state index in [1.165, 1.54) is 17.7 Å². The molecule has 0 spiro atoms. The maximum Gasteiger partial charge on any atom is 0.193 e. The molecule has 0 fully saturated rings. The van der Waals surface area contributed by atoms with Gasteiger partial charge in [0.25, 0.3) is 0 Å². The quantitative estimate of drug-likeness (QED) is 0.434. The van der Waals surface area contributed by atoms with Crippen molar-refractivity contribution in [3.05, 3.63) is 99.8 Å². The largest absolute Gasteiger partial charge is 0.383 e. The second-order valence-electron chi connectivity index (χ2n) is 9.40. The number of ether oxygens (including phenoxy) is 1. The number of aliphatic imine (C=N–C) groups is 1. The maximum absolute atomic E-state index is 14.0. The summed E-state index contributed by atoms with van der Waals surface area (Å²) in [5.74, 6) is -1.69. The Morgan fingerprint density at radius 2 is 1.94 bits per heavy atom. The van der Waals surface area contributed by atoms with Crippen LogP contribution in [0.15, 0.2) is 76.5 Å². The van der Waals surface area contributed by atoms with Crippen molar-refractivity contribution in [2.75, 3.05) is 26.8 Å². The molecule has 0 saturated heterocycles. The van der Waals surface area contributed by atoms with Crippen LogP contribution in [0.1, 0.15) is 48.3 Å². The van der Waals surface area contributed by atoms with Crippen LogP contribution in [0, 0.1) is 11.6 Å². The molecule has 0 radical (unpaired) electrons. The minimum absolute atomic E-state index is 0.0543.